The number of nitrogens with one attached hydrogen (secondary N) is 1. The first kappa shape index (κ1) is 16.9. The average molecular weight is 306 g/mol. The molecular formula is C18H27FN2O. The van der Waals surface area contributed by atoms with Gasteiger partial charge in [0.1, 0.15) is 0 Å². The minimum atomic E-state index is -0.271. The molecule has 122 valence electrons. The van der Waals surface area contributed by atoms with Gasteiger partial charge in [-0.1, -0.05) is 24.6 Å². The number of carbonyl (C=O) groups excluding carboxylic acids is 1. The minimum absolute atomic E-state index is 0.0765. The van der Waals surface area contributed by atoms with Crippen LogP contribution in [0.4, 0.5) is 10.1 Å². The number of unbranched alkanes of at least 4 members (excludes halogenated alkanes) is 1. The second-order valence-electron chi connectivity index (χ2n) is 6.20. The van der Waals surface area contributed by atoms with E-state index in [0.717, 1.165) is 55.6 Å². The molecule has 0 bridgehead atoms. The zero-order chi connectivity index (χ0) is 15.9. The van der Waals surface area contributed by atoms with Crippen molar-refractivity contribution in [2.75, 3.05) is 25.1 Å². The number of carbonyl (C=O) groups is 1. The van der Waals surface area contributed by atoms with Gasteiger partial charge in [0.05, 0.1) is 12.7 Å². The normalized spacial score (nSPS) is 19.1. The van der Waals surface area contributed by atoms with Crippen molar-refractivity contribution in [2.24, 2.45) is 0 Å². The van der Waals surface area contributed by atoms with Crippen molar-refractivity contribution in [1.82, 2.24) is 4.90 Å². The summed E-state index contributed by atoms with van der Waals surface area (Å²) in [5.41, 5.74) is 3.11. The highest BCUT2D eigenvalue weighted by molar-refractivity contribution is 5.96. The van der Waals surface area contributed by atoms with E-state index in [-0.39, 0.29) is 18.6 Å². The van der Waals surface area contributed by atoms with Crippen molar-refractivity contribution in [1.29, 1.82) is 0 Å². The number of alkyl halides is 1. The van der Waals surface area contributed by atoms with Gasteiger partial charge in [0.15, 0.2) is 0 Å². The quantitative estimate of drug-likeness (QED) is 0.810. The van der Waals surface area contributed by atoms with Crippen molar-refractivity contribution < 1.29 is 9.18 Å². The first-order chi connectivity index (χ1) is 10.6. The summed E-state index contributed by atoms with van der Waals surface area (Å²) >= 11 is 0. The molecule has 1 aliphatic heterocycles. The average Bonchev–Trinajstić information content (AvgIpc) is 2.51. The number of rotatable bonds is 6. The first-order valence-electron chi connectivity index (χ1n) is 8.30. The Balaban J connectivity index is 2.02. The summed E-state index contributed by atoms with van der Waals surface area (Å²) in [6.07, 6.45) is 4.52. The van der Waals surface area contributed by atoms with Crippen LogP contribution < -0.4 is 5.32 Å². The van der Waals surface area contributed by atoms with Crippen molar-refractivity contribution in [3.63, 3.8) is 0 Å². The molecule has 1 aromatic rings. The van der Waals surface area contributed by atoms with E-state index in [1.165, 1.54) is 0 Å². The van der Waals surface area contributed by atoms with Crippen LogP contribution in [0.5, 0.6) is 0 Å². The van der Waals surface area contributed by atoms with E-state index in [2.05, 4.69) is 10.2 Å². The number of amides is 1. The van der Waals surface area contributed by atoms with Gasteiger partial charge < -0.3 is 5.32 Å². The van der Waals surface area contributed by atoms with Gasteiger partial charge in [-0.15, -0.1) is 0 Å². The number of nitrogens with zero attached hydrogens (tertiary/aromatic N) is 1. The Labute approximate surface area is 132 Å². The number of halogens is 1. The van der Waals surface area contributed by atoms with Crippen LogP contribution in [-0.2, 0) is 4.79 Å². The third-order valence-corrected chi connectivity index (χ3v) is 4.47. The molecule has 1 saturated heterocycles. The van der Waals surface area contributed by atoms with Gasteiger partial charge in [0, 0.05) is 5.69 Å². The fourth-order valence-corrected chi connectivity index (χ4v) is 3.18. The summed E-state index contributed by atoms with van der Waals surface area (Å²) < 4.78 is 12.3. The van der Waals surface area contributed by atoms with Crippen LogP contribution in [0.2, 0.25) is 0 Å². The first-order valence-corrected chi connectivity index (χ1v) is 8.30. The fraction of sp³-hybridized carbons (Fsp3) is 0.611. The Kier molecular flexibility index (Phi) is 6.37. The molecule has 1 atom stereocenters. The van der Waals surface area contributed by atoms with E-state index in [1.807, 2.05) is 32.0 Å². The molecule has 0 aromatic heterocycles. The summed E-state index contributed by atoms with van der Waals surface area (Å²) in [6, 6.07) is 5.96. The summed E-state index contributed by atoms with van der Waals surface area (Å²) in [6.45, 7) is 5.52. The maximum Gasteiger partial charge on any atom is 0.241 e. The Morgan fingerprint density at radius 1 is 1.27 bits per heavy atom. The SMILES string of the molecule is Cc1cccc(C)c1NC(=O)[C@@H]1CCCCN1CCCCF. The van der Waals surface area contributed by atoms with Gasteiger partial charge in [0.25, 0.3) is 0 Å². The number of hydrogen-bond donors (Lipinski definition) is 1. The molecule has 0 saturated carbocycles. The topological polar surface area (TPSA) is 32.3 Å². The number of aryl methyl sites for hydroxylation is 2. The second kappa shape index (κ2) is 8.28. The Bertz CT molecular complexity index is 484. The van der Waals surface area contributed by atoms with Gasteiger partial charge in [-0.3, -0.25) is 14.1 Å². The molecule has 4 heteroatoms. The van der Waals surface area contributed by atoms with Gasteiger partial charge in [-0.05, 0) is 63.7 Å². The molecule has 0 spiro atoms. The number of piperidine rings is 1. The van der Waals surface area contributed by atoms with Crippen LogP contribution >= 0.6 is 0 Å². The zero-order valence-electron chi connectivity index (χ0n) is 13.7. The predicted molar refractivity (Wildman–Crippen MR) is 89.0 cm³/mol. The molecule has 1 heterocycles. The molecule has 1 fully saturated rings. The minimum Gasteiger partial charge on any atom is -0.324 e. The lowest BCUT2D eigenvalue weighted by Crippen LogP contribution is -2.47. The van der Waals surface area contributed by atoms with E-state index in [1.54, 1.807) is 0 Å². The maximum atomic E-state index is 12.7. The standard InChI is InChI=1S/C18H27FN2O/c1-14-8-7-9-15(2)17(14)20-18(22)16-10-3-5-12-21(16)13-6-4-11-19/h7-9,16H,3-6,10-13H2,1-2H3,(H,20,22)/t16-/m0/s1. The van der Waals surface area contributed by atoms with Crippen LogP contribution in [0, 0.1) is 13.8 Å². The van der Waals surface area contributed by atoms with Crippen LogP contribution in [0.15, 0.2) is 18.2 Å². The predicted octanol–water partition coefficient (Wildman–Crippen LogP) is 3.85. The lowest BCUT2D eigenvalue weighted by molar-refractivity contribution is -0.122. The van der Waals surface area contributed by atoms with Gasteiger partial charge >= 0.3 is 0 Å². The van der Waals surface area contributed by atoms with Crippen LogP contribution in [0.3, 0.4) is 0 Å². The highest BCUT2D eigenvalue weighted by Crippen LogP contribution is 2.23. The zero-order valence-corrected chi connectivity index (χ0v) is 13.7. The molecule has 1 aromatic carbocycles. The molecular weight excluding hydrogens is 279 g/mol. The monoisotopic (exact) mass is 306 g/mol. The summed E-state index contributed by atoms with van der Waals surface area (Å²) in [4.78, 5) is 14.9. The van der Waals surface area contributed by atoms with Crippen molar-refractivity contribution in [2.45, 2.75) is 52.0 Å². The summed E-state index contributed by atoms with van der Waals surface area (Å²) in [7, 11) is 0. The van der Waals surface area contributed by atoms with Crippen molar-refractivity contribution in [3.05, 3.63) is 29.3 Å². The third-order valence-electron chi connectivity index (χ3n) is 4.47. The molecule has 1 aliphatic rings. The fourth-order valence-electron chi connectivity index (χ4n) is 3.18. The number of benzene rings is 1. The van der Waals surface area contributed by atoms with E-state index in [9.17, 15) is 9.18 Å². The molecule has 0 unspecified atom stereocenters. The van der Waals surface area contributed by atoms with Crippen LogP contribution in [0.25, 0.3) is 0 Å². The van der Waals surface area contributed by atoms with E-state index in [0.29, 0.717) is 6.42 Å². The Morgan fingerprint density at radius 3 is 2.68 bits per heavy atom. The van der Waals surface area contributed by atoms with Crippen LogP contribution in [-0.4, -0.2) is 36.6 Å². The van der Waals surface area contributed by atoms with Crippen molar-refractivity contribution in [3.8, 4) is 0 Å². The Morgan fingerprint density at radius 2 is 2.00 bits per heavy atom. The van der Waals surface area contributed by atoms with Gasteiger partial charge in [0.2, 0.25) is 5.91 Å². The van der Waals surface area contributed by atoms with E-state index < -0.39 is 0 Å². The second-order valence-corrected chi connectivity index (χ2v) is 6.20. The third kappa shape index (κ3) is 4.29. The smallest absolute Gasteiger partial charge is 0.241 e. The Hall–Kier alpha value is -1.42. The molecule has 22 heavy (non-hydrogen) atoms. The molecule has 0 radical (unpaired) electrons. The van der Waals surface area contributed by atoms with Crippen LogP contribution in [0.1, 0.15) is 43.2 Å². The number of hydrogen-bond acceptors (Lipinski definition) is 2. The van der Waals surface area contributed by atoms with E-state index in [4.69, 9.17) is 0 Å². The number of para-hydroxylation sites is 1. The van der Waals surface area contributed by atoms with E-state index >= 15 is 0 Å². The molecule has 1 N–H and O–H groups in total. The molecule has 1 amide bonds. The molecule has 3 nitrogen and oxygen atoms in total. The lowest BCUT2D eigenvalue weighted by atomic mass is 10.00. The van der Waals surface area contributed by atoms with Crippen molar-refractivity contribution >= 4 is 11.6 Å². The largest absolute Gasteiger partial charge is 0.324 e. The van der Waals surface area contributed by atoms with Gasteiger partial charge in [-0.25, -0.2) is 0 Å². The number of anilines is 1. The highest BCUT2D eigenvalue weighted by atomic mass is 19.1. The molecule has 0 aliphatic carbocycles. The lowest BCUT2D eigenvalue weighted by Gasteiger charge is -2.34. The summed E-state index contributed by atoms with van der Waals surface area (Å²) in [5.74, 6) is 0.0809. The highest BCUT2D eigenvalue weighted by Gasteiger charge is 2.28. The maximum absolute atomic E-state index is 12.7. The molecule has 2 rings (SSSR count). The number of likely N-dealkylation sites (tertiary alicyclic amines) is 1. The summed E-state index contributed by atoms with van der Waals surface area (Å²) in [5, 5.41) is 3.11. The van der Waals surface area contributed by atoms with Gasteiger partial charge in [-0.2, -0.15) is 0 Å².